The number of hydrogen-bond acceptors (Lipinski definition) is 3. The van der Waals surface area contributed by atoms with Crippen molar-refractivity contribution in [2.45, 2.75) is 66.0 Å². The highest BCUT2D eigenvalue weighted by Gasteiger charge is 2.30. The summed E-state index contributed by atoms with van der Waals surface area (Å²) in [6.07, 6.45) is 2.55. The van der Waals surface area contributed by atoms with E-state index in [-0.39, 0.29) is 17.6 Å². The molecule has 2 heterocycles. The fourth-order valence-electron chi connectivity index (χ4n) is 3.88. The lowest BCUT2D eigenvalue weighted by Crippen LogP contribution is -2.55. The zero-order valence-corrected chi connectivity index (χ0v) is 16.9. The molecular formula is C19H35N5O. The van der Waals surface area contributed by atoms with Crippen molar-refractivity contribution >= 4 is 6.03 Å². The number of nitrogens with one attached hydrogen (secondary N) is 2. The van der Waals surface area contributed by atoms with E-state index in [9.17, 15) is 4.79 Å². The number of carbonyl (C=O) groups is 1. The molecule has 1 aromatic heterocycles. The number of amides is 2. The molecule has 1 aliphatic rings. The summed E-state index contributed by atoms with van der Waals surface area (Å²) in [6.45, 7) is 15.6. The summed E-state index contributed by atoms with van der Waals surface area (Å²) in [5.74, 6) is 0.735. The summed E-state index contributed by atoms with van der Waals surface area (Å²) in [6, 6.07) is -0.180. The van der Waals surface area contributed by atoms with E-state index in [2.05, 4.69) is 41.4 Å². The molecule has 1 saturated heterocycles. The molecule has 25 heavy (non-hydrogen) atoms. The van der Waals surface area contributed by atoms with Crippen LogP contribution >= 0.6 is 0 Å². The normalized spacial score (nSPS) is 20.4. The van der Waals surface area contributed by atoms with Gasteiger partial charge in [-0.25, -0.2) is 4.79 Å². The third kappa shape index (κ3) is 4.75. The van der Waals surface area contributed by atoms with Crippen molar-refractivity contribution in [2.75, 3.05) is 19.6 Å². The van der Waals surface area contributed by atoms with E-state index in [1.54, 1.807) is 0 Å². The highest BCUT2D eigenvalue weighted by Crippen LogP contribution is 2.23. The van der Waals surface area contributed by atoms with Gasteiger partial charge >= 0.3 is 6.03 Å². The predicted molar refractivity (Wildman–Crippen MR) is 102 cm³/mol. The van der Waals surface area contributed by atoms with Crippen molar-refractivity contribution in [3.63, 3.8) is 0 Å². The van der Waals surface area contributed by atoms with Crippen LogP contribution in [0.2, 0.25) is 0 Å². The van der Waals surface area contributed by atoms with Gasteiger partial charge in [-0.1, -0.05) is 6.92 Å². The fourth-order valence-corrected chi connectivity index (χ4v) is 3.88. The lowest BCUT2D eigenvalue weighted by atomic mass is 9.93. The first-order valence-corrected chi connectivity index (χ1v) is 9.41. The predicted octanol–water partition coefficient (Wildman–Crippen LogP) is 2.91. The molecule has 0 spiro atoms. The van der Waals surface area contributed by atoms with Crippen LogP contribution in [0.5, 0.6) is 0 Å². The van der Waals surface area contributed by atoms with E-state index < -0.39 is 0 Å². The molecule has 0 unspecified atom stereocenters. The number of nitrogens with zero attached hydrogens (tertiary/aromatic N) is 3. The van der Waals surface area contributed by atoms with E-state index in [1.807, 2.05) is 32.5 Å². The van der Waals surface area contributed by atoms with Gasteiger partial charge in [-0.3, -0.25) is 9.58 Å². The van der Waals surface area contributed by atoms with Crippen LogP contribution in [0.15, 0.2) is 0 Å². The molecule has 0 aromatic carbocycles. The molecule has 6 heteroatoms. The summed E-state index contributed by atoms with van der Waals surface area (Å²) in [5, 5.41) is 10.5. The second-order valence-corrected chi connectivity index (χ2v) is 8.26. The molecule has 2 amide bonds. The van der Waals surface area contributed by atoms with Crippen LogP contribution in [-0.2, 0) is 7.05 Å². The molecule has 2 rings (SSSR count). The zero-order chi connectivity index (χ0) is 18.8. The van der Waals surface area contributed by atoms with Crippen LogP contribution in [0.1, 0.15) is 63.5 Å². The van der Waals surface area contributed by atoms with Gasteiger partial charge in [-0.2, -0.15) is 5.10 Å². The lowest BCUT2D eigenvalue weighted by molar-refractivity contribution is 0.0723. The van der Waals surface area contributed by atoms with Crippen LogP contribution in [0, 0.1) is 19.8 Å². The van der Waals surface area contributed by atoms with Gasteiger partial charge in [-0.15, -0.1) is 0 Å². The molecule has 1 aromatic rings. The van der Waals surface area contributed by atoms with Gasteiger partial charge in [0.15, 0.2) is 0 Å². The summed E-state index contributed by atoms with van der Waals surface area (Å²) < 4.78 is 1.86. The van der Waals surface area contributed by atoms with E-state index in [0.29, 0.717) is 6.54 Å². The number of rotatable bonds is 5. The summed E-state index contributed by atoms with van der Waals surface area (Å²) in [5.41, 5.74) is 3.13. The van der Waals surface area contributed by atoms with Crippen molar-refractivity contribution in [1.29, 1.82) is 0 Å². The molecule has 1 aliphatic heterocycles. The van der Waals surface area contributed by atoms with E-state index in [4.69, 9.17) is 0 Å². The Morgan fingerprint density at radius 3 is 2.64 bits per heavy atom. The Hall–Kier alpha value is -1.56. The first-order chi connectivity index (χ1) is 11.6. The Kier molecular flexibility index (Phi) is 6.14. The topological polar surface area (TPSA) is 62.2 Å². The molecule has 2 N–H and O–H groups in total. The minimum Gasteiger partial charge on any atom is -0.336 e. The minimum absolute atomic E-state index is 0.0323. The second-order valence-electron chi connectivity index (χ2n) is 8.26. The van der Waals surface area contributed by atoms with Gasteiger partial charge < -0.3 is 10.6 Å². The van der Waals surface area contributed by atoms with Crippen LogP contribution < -0.4 is 10.6 Å². The second kappa shape index (κ2) is 7.77. The van der Waals surface area contributed by atoms with Gasteiger partial charge in [0.05, 0.1) is 11.7 Å². The van der Waals surface area contributed by atoms with E-state index >= 15 is 0 Å². The third-order valence-electron chi connectivity index (χ3n) is 5.54. The zero-order valence-electron chi connectivity index (χ0n) is 16.9. The van der Waals surface area contributed by atoms with Gasteiger partial charge in [0.2, 0.25) is 0 Å². The average Bonchev–Trinajstić information content (AvgIpc) is 2.78. The number of aromatic nitrogens is 2. The Morgan fingerprint density at radius 1 is 1.40 bits per heavy atom. The molecule has 0 radical (unpaired) electrons. The molecule has 2 atom stereocenters. The van der Waals surface area contributed by atoms with Crippen LogP contribution in [0.4, 0.5) is 4.79 Å². The van der Waals surface area contributed by atoms with Gasteiger partial charge in [0.1, 0.15) is 0 Å². The molecule has 0 aliphatic carbocycles. The Morgan fingerprint density at radius 2 is 2.08 bits per heavy atom. The highest BCUT2D eigenvalue weighted by atomic mass is 16.2. The van der Waals surface area contributed by atoms with E-state index in [0.717, 1.165) is 36.0 Å². The number of piperidine rings is 1. The first-order valence-electron chi connectivity index (χ1n) is 9.41. The van der Waals surface area contributed by atoms with Gasteiger partial charge in [0.25, 0.3) is 0 Å². The van der Waals surface area contributed by atoms with Crippen molar-refractivity contribution in [2.24, 2.45) is 13.0 Å². The van der Waals surface area contributed by atoms with Crippen molar-refractivity contribution in [1.82, 2.24) is 25.3 Å². The van der Waals surface area contributed by atoms with E-state index in [1.165, 1.54) is 12.8 Å². The smallest absolute Gasteiger partial charge is 0.315 e. The number of aryl methyl sites for hydroxylation is 2. The quantitative estimate of drug-likeness (QED) is 0.859. The summed E-state index contributed by atoms with van der Waals surface area (Å²) in [7, 11) is 1.93. The summed E-state index contributed by atoms with van der Waals surface area (Å²) >= 11 is 0. The van der Waals surface area contributed by atoms with Gasteiger partial charge in [0, 0.05) is 36.9 Å². The van der Waals surface area contributed by atoms with Crippen LogP contribution in [-0.4, -0.2) is 45.9 Å². The summed E-state index contributed by atoms with van der Waals surface area (Å²) in [4.78, 5) is 14.9. The molecular weight excluding hydrogens is 314 g/mol. The van der Waals surface area contributed by atoms with Crippen LogP contribution in [0.3, 0.4) is 0 Å². The maximum atomic E-state index is 12.4. The van der Waals surface area contributed by atoms with Crippen molar-refractivity contribution < 1.29 is 4.79 Å². The number of likely N-dealkylation sites (tertiary alicyclic amines) is 1. The minimum atomic E-state index is -0.117. The number of carbonyl (C=O) groups excluding carboxylic acids is 1. The Labute approximate surface area is 152 Å². The Bertz CT molecular complexity index is 607. The largest absolute Gasteiger partial charge is 0.336 e. The van der Waals surface area contributed by atoms with Gasteiger partial charge in [-0.05, 0) is 59.9 Å². The number of urea groups is 1. The maximum Gasteiger partial charge on any atom is 0.315 e. The molecule has 6 nitrogen and oxygen atoms in total. The van der Waals surface area contributed by atoms with Crippen molar-refractivity contribution in [3.05, 3.63) is 17.0 Å². The third-order valence-corrected chi connectivity index (χ3v) is 5.54. The monoisotopic (exact) mass is 349 g/mol. The highest BCUT2D eigenvalue weighted by molar-refractivity contribution is 5.74. The molecule has 0 bridgehead atoms. The maximum absolute atomic E-state index is 12.4. The van der Waals surface area contributed by atoms with Crippen molar-refractivity contribution in [3.8, 4) is 0 Å². The SMILES string of the molecule is Cc1nn(C)c(C)c1[C@H](C)NC(=O)NCC(C)(C)N1CCC[C@H](C)C1. The molecule has 142 valence electrons. The van der Waals surface area contributed by atoms with Crippen LogP contribution in [0.25, 0.3) is 0 Å². The standard InChI is InChI=1S/C19H35N5O/c1-13-9-8-10-24(11-13)19(5,6)12-20-18(25)21-14(2)17-15(3)22-23(7)16(17)4/h13-14H,8-12H2,1-7H3,(H2,20,21,25)/t13-,14-/m0/s1. The number of hydrogen-bond donors (Lipinski definition) is 2. The molecule has 0 saturated carbocycles. The lowest BCUT2D eigenvalue weighted by Gasteiger charge is -2.43. The molecule has 1 fully saturated rings. The average molecular weight is 350 g/mol. The Balaban J connectivity index is 1.89. The first kappa shape index (κ1) is 19.8. The fraction of sp³-hybridized carbons (Fsp3) is 0.789.